The van der Waals surface area contributed by atoms with Crippen molar-refractivity contribution in [3.8, 4) is 75.0 Å². The van der Waals surface area contributed by atoms with Crippen molar-refractivity contribution in [1.29, 1.82) is 21.0 Å². The summed E-state index contributed by atoms with van der Waals surface area (Å²) in [6.45, 7) is 7.34. The first-order valence-corrected chi connectivity index (χ1v) is 17.2. The maximum atomic E-state index is 9.73. The van der Waals surface area contributed by atoms with Crippen molar-refractivity contribution in [2.75, 3.05) is 0 Å². The van der Waals surface area contributed by atoms with E-state index >= 15 is 0 Å². The highest BCUT2D eigenvalue weighted by molar-refractivity contribution is 6.12. The molecule has 11 nitrogen and oxygen atoms in total. The molecule has 0 unspecified atom stereocenters. The average Bonchev–Trinajstić information content (AvgIpc) is 3.52. The Labute approximate surface area is 315 Å². The van der Waals surface area contributed by atoms with Gasteiger partial charge in [-0.15, -0.1) is 0 Å². The maximum Gasteiger partial charge on any atom is 0.165 e. The molecule has 258 valence electrons. The van der Waals surface area contributed by atoms with E-state index in [1.54, 1.807) is 36.4 Å². The van der Waals surface area contributed by atoms with Crippen LogP contribution in [0, 0.1) is 73.0 Å². The van der Waals surface area contributed by atoms with E-state index in [4.69, 9.17) is 9.97 Å². The molecule has 0 aliphatic carbocycles. The third-order valence-electron chi connectivity index (χ3n) is 9.27. The summed E-state index contributed by atoms with van der Waals surface area (Å²) in [6, 6.07) is 37.0. The Morgan fingerprint density at radius 2 is 0.800 bits per heavy atom. The Morgan fingerprint density at radius 3 is 1.22 bits per heavy atom. The third-order valence-corrected chi connectivity index (χ3v) is 9.27. The quantitative estimate of drug-likeness (QED) is 0.168. The number of benzene rings is 5. The molecule has 0 spiro atoms. The maximum absolute atomic E-state index is 9.73. The summed E-state index contributed by atoms with van der Waals surface area (Å²) in [6.07, 6.45) is 0. The molecule has 11 heteroatoms. The Morgan fingerprint density at radius 1 is 0.400 bits per heavy atom. The number of hydrogen-bond donors (Lipinski definition) is 0. The van der Waals surface area contributed by atoms with Gasteiger partial charge in [-0.05, 0) is 129 Å². The lowest BCUT2D eigenvalue weighted by molar-refractivity contribution is 0.924. The van der Waals surface area contributed by atoms with Crippen LogP contribution in [-0.4, -0.2) is 34.5 Å². The average molecular weight is 710 g/mol. The van der Waals surface area contributed by atoms with Gasteiger partial charge >= 0.3 is 0 Å². The fourth-order valence-electron chi connectivity index (χ4n) is 7.02. The van der Waals surface area contributed by atoms with Gasteiger partial charge in [0.05, 0.1) is 63.3 Å². The molecular weight excluding hydrogens is 683 g/mol. The minimum absolute atomic E-state index is 0.390. The standard InChI is InChI=1S/C44H27N11/c1-24-49-25(2)52-43(51-24)34-7-10-42(39(19-34)44-53-26(3)50-27(4)54-44)55-40-8-5-32(35-13-28(20-45)11-29(14-35)21-46)17-37(40)38-18-33(6-9-41(38)55)36-15-30(22-47)12-31(16-36)23-48/h5-19H,1-4H3. The Balaban J connectivity index is 1.45. The topological polar surface area (TPSA) is 177 Å². The molecule has 0 atom stereocenters. The SMILES string of the molecule is Cc1nc(C)nc(-c2ccc(-n3c4ccc(-c5cc(C#N)cc(C#N)c5)cc4c4cc(-c5cc(C#N)cc(C#N)c5)ccc43)c(-c3nc(C)nc(C)n3)c2)n1. The van der Waals surface area contributed by atoms with Gasteiger partial charge in [-0.2, -0.15) is 21.0 Å². The van der Waals surface area contributed by atoms with E-state index in [0.29, 0.717) is 57.2 Å². The summed E-state index contributed by atoms with van der Waals surface area (Å²) in [4.78, 5) is 27.6. The molecule has 3 aromatic heterocycles. The van der Waals surface area contributed by atoms with Crippen LogP contribution in [0.2, 0.25) is 0 Å². The number of nitriles is 4. The molecule has 0 saturated heterocycles. The summed E-state index contributed by atoms with van der Waals surface area (Å²) in [7, 11) is 0. The number of hydrogen-bond acceptors (Lipinski definition) is 10. The van der Waals surface area contributed by atoms with Crippen molar-refractivity contribution in [1.82, 2.24) is 34.5 Å². The van der Waals surface area contributed by atoms with Crippen LogP contribution in [-0.2, 0) is 0 Å². The van der Waals surface area contributed by atoms with Crippen LogP contribution in [0.4, 0.5) is 0 Å². The molecule has 8 aromatic rings. The second-order valence-electron chi connectivity index (χ2n) is 13.1. The van der Waals surface area contributed by atoms with Crippen molar-refractivity contribution in [3.63, 3.8) is 0 Å². The van der Waals surface area contributed by atoms with Crippen LogP contribution in [0.3, 0.4) is 0 Å². The van der Waals surface area contributed by atoms with E-state index in [9.17, 15) is 21.0 Å². The zero-order valence-electron chi connectivity index (χ0n) is 30.1. The molecule has 55 heavy (non-hydrogen) atoms. The lowest BCUT2D eigenvalue weighted by Gasteiger charge is -2.15. The fourth-order valence-corrected chi connectivity index (χ4v) is 7.02. The lowest BCUT2D eigenvalue weighted by Crippen LogP contribution is -2.04. The zero-order valence-corrected chi connectivity index (χ0v) is 30.1. The largest absolute Gasteiger partial charge is 0.308 e. The molecule has 0 bridgehead atoms. The van der Waals surface area contributed by atoms with Crippen LogP contribution in [0.25, 0.3) is 72.5 Å². The second kappa shape index (κ2) is 13.5. The first kappa shape index (κ1) is 34.0. The molecule has 0 fully saturated rings. The number of aromatic nitrogens is 7. The van der Waals surface area contributed by atoms with Gasteiger partial charge in [0.1, 0.15) is 23.3 Å². The third kappa shape index (κ3) is 6.25. The Bertz CT molecular complexity index is 2860. The highest BCUT2D eigenvalue weighted by Crippen LogP contribution is 2.40. The molecule has 0 radical (unpaired) electrons. The molecule has 0 saturated carbocycles. The van der Waals surface area contributed by atoms with Crippen molar-refractivity contribution in [2.24, 2.45) is 0 Å². The minimum Gasteiger partial charge on any atom is -0.308 e. The summed E-state index contributed by atoms with van der Waals surface area (Å²) in [5.74, 6) is 3.40. The molecule has 0 aliphatic heterocycles. The van der Waals surface area contributed by atoms with Gasteiger partial charge in [0, 0.05) is 21.9 Å². The van der Waals surface area contributed by atoms with E-state index < -0.39 is 0 Å². The highest BCUT2D eigenvalue weighted by atomic mass is 15.0. The van der Waals surface area contributed by atoms with Gasteiger partial charge in [0.15, 0.2) is 11.6 Å². The van der Waals surface area contributed by atoms with Gasteiger partial charge in [-0.1, -0.05) is 12.1 Å². The number of rotatable bonds is 5. The number of aryl methyl sites for hydroxylation is 4. The molecular formula is C44H27N11. The minimum atomic E-state index is 0.390. The van der Waals surface area contributed by atoms with Crippen LogP contribution in [0.15, 0.2) is 91.0 Å². The van der Waals surface area contributed by atoms with Gasteiger partial charge in [0.2, 0.25) is 0 Å². The smallest absolute Gasteiger partial charge is 0.165 e. The lowest BCUT2D eigenvalue weighted by atomic mass is 9.97. The van der Waals surface area contributed by atoms with Crippen LogP contribution in [0.1, 0.15) is 45.6 Å². The fraction of sp³-hybridized carbons (Fsp3) is 0.0909. The second-order valence-corrected chi connectivity index (χ2v) is 13.1. The van der Waals surface area contributed by atoms with Crippen molar-refractivity contribution in [3.05, 3.63) is 137 Å². The van der Waals surface area contributed by atoms with Crippen molar-refractivity contribution < 1.29 is 0 Å². The van der Waals surface area contributed by atoms with Gasteiger partial charge in [0.25, 0.3) is 0 Å². The zero-order chi connectivity index (χ0) is 38.4. The van der Waals surface area contributed by atoms with Crippen LogP contribution >= 0.6 is 0 Å². The van der Waals surface area contributed by atoms with Crippen molar-refractivity contribution >= 4 is 21.8 Å². The molecule has 8 rings (SSSR count). The molecule has 5 aromatic carbocycles. The van der Waals surface area contributed by atoms with Crippen LogP contribution < -0.4 is 0 Å². The van der Waals surface area contributed by atoms with E-state index in [1.165, 1.54) is 0 Å². The van der Waals surface area contributed by atoms with Crippen LogP contribution in [0.5, 0.6) is 0 Å². The van der Waals surface area contributed by atoms with E-state index in [1.807, 2.05) is 70.2 Å². The summed E-state index contributed by atoms with van der Waals surface area (Å²) < 4.78 is 2.16. The highest BCUT2D eigenvalue weighted by Gasteiger charge is 2.21. The summed E-state index contributed by atoms with van der Waals surface area (Å²) in [5.41, 5.74) is 8.72. The normalized spacial score (nSPS) is 10.8. The predicted octanol–water partition coefficient (Wildman–Crippen LogP) is 8.54. The van der Waals surface area contributed by atoms with Gasteiger partial charge in [-0.3, -0.25) is 0 Å². The first-order valence-electron chi connectivity index (χ1n) is 17.2. The molecule has 0 N–H and O–H groups in total. The monoisotopic (exact) mass is 709 g/mol. The summed E-state index contributed by atoms with van der Waals surface area (Å²) >= 11 is 0. The number of fused-ring (bicyclic) bond motifs is 3. The van der Waals surface area contributed by atoms with E-state index in [-0.39, 0.29) is 0 Å². The molecule has 0 aliphatic rings. The Hall–Kier alpha value is -8.12. The van der Waals surface area contributed by atoms with Crippen molar-refractivity contribution in [2.45, 2.75) is 27.7 Å². The molecule has 3 heterocycles. The van der Waals surface area contributed by atoms with E-state index in [2.05, 4.69) is 60.9 Å². The predicted molar refractivity (Wildman–Crippen MR) is 207 cm³/mol. The van der Waals surface area contributed by atoms with Gasteiger partial charge < -0.3 is 4.57 Å². The molecule has 0 amide bonds. The Kier molecular flexibility index (Phi) is 8.31. The van der Waals surface area contributed by atoms with E-state index in [0.717, 1.165) is 60.9 Å². The van der Waals surface area contributed by atoms with Gasteiger partial charge in [-0.25, -0.2) is 29.9 Å². The first-order chi connectivity index (χ1) is 26.6. The number of nitrogens with zero attached hydrogens (tertiary/aromatic N) is 11. The summed E-state index contributed by atoms with van der Waals surface area (Å²) in [5, 5.41) is 40.7.